The fourth-order valence-electron chi connectivity index (χ4n) is 2.22. The zero-order valence-corrected chi connectivity index (χ0v) is 8.88. The molecule has 1 aliphatic rings. The quantitative estimate of drug-likeness (QED) is 0.649. The van der Waals surface area contributed by atoms with E-state index in [2.05, 4.69) is 4.98 Å². The van der Waals surface area contributed by atoms with Crippen LogP contribution in [0.5, 0.6) is 5.75 Å². The summed E-state index contributed by atoms with van der Waals surface area (Å²) in [5, 5.41) is 8.70. The third-order valence-corrected chi connectivity index (χ3v) is 2.85. The third-order valence-electron chi connectivity index (χ3n) is 2.85. The molecule has 1 aromatic carbocycles. The Labute approximate surface area is 97.5 Å². The van der Waals surface area contributed by atoms with Crippen molar-refractivity contribution in [2.24, 2.45) is 0 Å². The molecule has 0 saturated heterocycles. The number of pyridine rings is 1. The molecule has 0 saturated carbocycles. The Morgan fingerprint density at radius 1 is 1.24 bits per heavy atom. The minimum absolute atomic E-state index is 0.306. The first kappa shape index (κ1) is 9.84. The Kier molecular flexibility index (Phi) is 2.08. The number of rotatable bonds is 1. The molecule has 0 fully saturated rings. The minimum atomic E-state index is -1.32. The van der Waals surface area contributed by atoms with Gasteiger partial charge in [0, 0.05) is 18.2 Å². The second-order valence-corrected chi connectivity index (χ2v) is 3.87. The van der Waals surface area contributed by atoms with Crippen LogP contribution in [0.4, 0.5) is 4.79 Å². The lowest BCUT2D eigenvalue weighted by Gasteiger charge is -2.06. The summed E-state index contributed by atoms with van der Waals surface area (Å²) in [5.74, 6) is 0.306. The average molecular weight is 227 g/mol. The predicted octanol–water partition coefficient (Wildman–Crippen LogP) is 2.71. The Bertz CT molecular complexity index is 607. The number of aromatic nitrogens is 1. The first-order chi connectivity index (χ1) is 8.25. The fraction of sp³-hybridized carbons (Fsp3) is 0.0769. The van der Waals surface area contributed by atoms with E-state index in [9.17, 15) is 4.79 Å². The van der Waals surface area contributed by atoms with E-state index in [0.717, 1.165) is 23.1 Å². The van der Waals surface area contributed by atoms with E-state index < -0.39 is 6.16 Å². The second-order valence-electron chi connectivity index (χ2n) is 3.87. The van der Waals surface area contributed by atoms with Gasteiger partial charge in [0.15, 0.2) is 5.75 Å². The van der Waals surface area contributed by atoms with Crippen LogP contribution in [0.15, 0.2) is 36.7 Å². The molecule has 2 aromatic rings. The lowest BCUT2D eigenvalue weighted by molar-refractivity contribution is 0.144. The lowest BCUT2D eigenvalue weighted by Crippen LogP contribution is -2.04. The Morgan fingerprint density at radius 3 is 2.88 bits per heavy atom. The number of hydrogen-bond donors (Lipinski definition) is 1. The molecule has 0 spiro atoms. The SMILES string of the molecule is O=C(O)Oc1cncc2c1-c1ccccc1C2. The topological polar surface area (TPSA) is 59.4 Å². The van der Waals surface area contributed by atoms with E-state index in [-0.39, 0.29) is 0 Å². The van der Waals surface area contributed by atoms with Gasteiger partial charge in [0.05, 0.1) is 6.20 Å². The Balaban J connectivity index is 2.19. The van der Waals surface area contributed by atoms with Gasteiger partial charge in [0.1, 0.15) is 0 Å². The molecular weight excluding hydrogens is 218 g/mol. The predicted molar refractivity (Wildman–Crippen MR) is 61.1 cm³/mol. The van der Waals surface area contributed by atoms with Crippen LogP contribution in [0.1, 0.15) is 11.1 Å². The van der Waals surface area contributed by atoms with Crippen LogP contribution in [-0.4, -0.2) is 16.2 Å². The molecule has 4 heteroatoms. The number of fused-ring (bicyclic) bond motifs is 3. The van der Waals surface area contributed by atoms with Crippen LogP contribution in [-0.2, 0) is 6.42 Å². The van der Waals surface area contributed by atoms with Crippen molar-refractivity contribution in [3.8, 4) is 16.9 Å². The van der Waals surface area contributed by atoms with Gasteiger partial charge in [-0.2, -0.15) is 0 Å². The van der Waals surface area contributed by atoms with Gasteiger partial charge in [-0.3, -0.25) is 4.98 Å². The molecule has 0 bridgehead atoms. The van der Waals surface area contributed by atoms with E-state index in [1.54, 1.807) is 6.20 Å². The summed E-state index contributed by atoms with van der Waals surface area (Å²) >= 11 is 0. The van der Waals surface area contributed by atoms with Crippen LogP contribution >= 0.6 is 0 Å². The van der Waals surface area contributed by atoms with Crippen molar-refractivity contribution in [2.75, 3.05) is 0 Å². The minimum Gasteiger partial charge on any atom is -0.449 e. The van der Waals surface area contributed by atoms with E-state index in [0.29, 0.717) is 5.75 Å². The molecular formula is C13H9NO3. The van der Waals surface area contributed by atoms with Crippen LogP contribution in [0.3, 0.4) is 0 Å². The summed E-state index contributed by atoms with van der Waals surface area (Å²) < 4.78 is 4.77. The van der Waals surface area contributed by atoms with Gasteiger partial charge in [-0.1, -0.05) is 24.3 Å². The number of nitrogens with zero attached hydrogens (tertiary/aromatic N) is 1. The molecule has 3 rings (SSSR count). The van der Waals surface area contributed by atoms with Gasteiger partial charge in [0.25, 0.3) is 0 Å². The summed E-state index contributed by atoms with van der Waals surface area (Å²) in [5.41, 5.74) is 4.05. The summed E-state index contributed by atoms with van der Waals surface area (Å²) in [6.07, 6.45) is 2.65. The number of benzene rings is 1. The Hall–Kier alpha value is -2.36. The number of carboxylic acid groups (broad SMARTS) is 1. The van der Waals surface area contributed by atoms with Crippen LogP contribution < -0.4 is 4.74 Å². The highest BCUT2D eigenvalue weighted by Gasteiger charge is 2.23. The van der Waals surface area contributed by atoms with Crippen LogP contribution in [0.2, 0.25) is 0 Å². The first-order valence-electron chi connectivity index (χ1n) is 5.21. The van der Waals surface area contributed by atoms with Crippen molar-refractivity contribution in [1.29, 1.82) is 0 Å². The molecule has 17 heavy (non-hydrogen) atoms. The summed E-state index contributed by atoms with van der Waals surface area (Å²) in [4.78, 5) is 14.6. The van der Waals surface area contributed by atoms with Crippen LogP contribution in [0.25, 0.3) is 11.1 Å². The van der Waals surface area contributed by atoms with Crippen LogP contribution in [0, 0.1) is 0 Å². The van der Waals surface area contributed by atoms with E-state index in [1.807, 2.05) is 24.3 Å². The first-order valence-corrected chi connectivity index (χ1v) is 5.21. The largest absolute Gasteiger partial charge is 0.511 e. The van der Waals surface area contributed by atoms with E-state index in [1.165, 1.54) is 11.8 Å². The van der Waals surface area contributed by atoms with Gasteiger partial charge in [-0.05, 0) is 16.7 Å². The van der Waals surface area contributed by atoms with Crippen molar-refractivity contribution in [3.05, 3.63) is 47.8 Å². The van der Waals surface area contributed by atoms with Gasteiger partial charge in [-0.15, -0.1) is 0 Å². The fourth-order valence-corrected chi connectivity index (χ4v) is 2.22. The summed E-state index contributed by atoms with van der Waals surface area (Å²) in [7, 11) is 0. The lowest BCUT2D eigenvalue weighted by atomic mass is 10.1. The number of hydrogen-bond acceptors (Lipinski definition) is 3. The molecule has 1 heterocycles. The smallest absolute Gasteiger partial charge is 0.449 e. The highest BCUT2D eigenvalue weighted by atomic mass is 16.7. The highest BCUT2D eigenvalue weighted by Crippen LogP contribution is 2.41. The molecule has 0 aliphatic heterocycles. The summed E-state index contributed by atoms with van der Waals surface area (Å²) in [6.45, 7) is 0. The average Bonchev–Trinajstić information content (AvgIpc) is 2.67. The third kappa shape index (κ3) is 1.54. The molecule has 84 valence electrons. The van der Waals surface area contributed by atoms with Crippen molar-refractivity contribution in [1.82, 2.24) is 4.98 Å². The van der Waals surface area contributed by atoms with Gasteiger partial charge in [-0.25, -0.2) is 4.79 Å². The zero-order chi connectivity index (χ0) is 11.8. The monoisotopic (exact) mass is 227 g/mol. The van der Waals surface area contributed by atoms with Gasteiger partial charge < -0.3 is 9.84 Å². The molecule has 0 unspecified atom stereocenters. The normalized spacial score (nSPS) is 11.8. The molecule has 1 aromatic heterocycles. The van der Waals surface area contributed by atoms with Crippen molar-refractivity contribution in [2.45, 2.75) is 6.42 Å². The van der Waals surface area contributed by atoms with E-state index >= 15 is 0 Å². The molecule has 0 amide bonds. The number of carbonyl (C=O) groups is 1. The van der Waals surface area contributed by atoms with Crippen molar-refractivity contribution < 1.29 is 14.6 Å². The molecule has 0 radical (unpaired) electrons. The zero-order valence-electron chi connectivity index (χ0n) is 8.88. The van der Waals surface area contributed by atoms with Crippen molar-refractivity contribution in [3.63, 3.8) is 0 Å². The molecule has 0 atom stereocenters. The maximum absolute atomic E-state index is 10.6. The number of ether oxygens (including phenoxy) is 1. The Morgan fingerprint density at radius 2 is 2.06 bits per heavy atom. The van der Waals surface area contributed by atoms with E-state index in [4.69, 9.17) is 9.84 Å². The second kappa shape index (κ2) is 3.59. The van der Waals surface area contributed by atoms with Gasteiger partial charge >= 0.3 is 6.16 Å². The maximum Gasteiger partial charge on any atom is 0.511 e. The molecule has 1 aliphatic carbocycles. The van der Waals surface area contributed by atoms with Gasteiger partial charge in [0.2, 0.25) is 0 Å². The van der Waals surface area contributed by atoms with Crippen molar-refractivity contribution >= 4 is 6.16 Å². The summed E-state index contributed by atoms with van der Waals surface area (Å²) in [6, 6.07) is 7.89. The molecule has 4 nitrogen and oxygen atoms in total. The standard InChI is InChI=1S/C13H9NO3/c15-13(16)17-11-7-14-6-9-5-8-3-1-2-4-10(8)12(9)11/h1-4,6-7H,5H2,(H,15,16). The maximum atomic E-state index is 10.6. The molecule has 1 N–H and O–H groups in total. The highest BCUT2D eigenvalue weighted by molar-refractivity contribution is 5.82.